The van der Waals surface area contributed by atoms with Crippen molar-refractivity contribution in [3.63, 3.8) is 0 Å². The van der Waals surface area contributed by atoms with E-state index in [-0.39, 0.29) is 6.42 Å². The fourth-order valence-corrected chi connectivity index (χ4v) is 0.734. The van der Waals surface area contributed by atoms with Gasteiger partial charge in [0.05, 0.1) is 0 Å². The van der Waals surface area contributed by atoms with Crippen LogP contribution in [0.15, 0.2) is 12.2 Å². The molecule has 4 nitrogen and oxygen atoms in total. The highest BCUT2D eigenvalue weighted by Crippen LogP contribution is 2.14. The van der Waals surface area contributed by atoms with Gasteiger partial charge in [-0.1, -0.05) is 12.2 Å². The Hall–Kier alpha value is -1.53. The molecule has 0 aromatic rings. The van der Waals surface area contributed by atoms with Gasteiger partial charge >= 0.3 is 18.1 Å². The number of rotatable bonds is 4. The molecule has 1 atom stereocenters. The fourth-order valence-electron chi connectivity index (χ4n) is 0.734. The third-order valence-electron chi connectivity index (χ3n) is 1.47. The molecule has 0 spiro atoms. The number of alkyl halides is 3. The van der Waals surface area contributed by atoms with E-state index < -0.39 is 24.1 Å². The third-order valence-corrected chi connectivity index (χ3v) is 1.47. The molecular weight excluding hydrogens is 215 g/mol. The summed E-state index contributed by atoms with van der Waals surface area (Å²) in [6.07, 6.45) is -2.41. The molecular formula is C8H10F3NO3. The van der Waals surface area contributed by atoms with Gasteiger partial charge in [0.2, 0.25) is 0 Å². The number of nitrogens with one attached hydrogen (secondary N) is 1. The maximum Gasteiger partial charge on any atom is 0.471 e. The molecule has 15 heavy (non-hydrogen) atoms. The highest BCUT2D eigenvalue weighted by atomic mass is 19.4. The molecule has 0 saturated heterocycles. The van der Waals surface area contributed by atoms with Crippen LogP contribution in [0.1, 0.15) is 13.3 Å². The van der Waals surface area contributed by atoms with E-state index in [4.69, 9.17) is 5.11 Å². The maximum absolute atomic E-state index is 11.8. The molecule has 0 aliphatic rings. The standard InChI is InChI=1S/C8H10F3NO3/c1-2-3-4-5(6(13)14)12-7(15)8(9,10)11/h2-3,5H,4H2,1H3,(H,12,15)(H,13,14)/b3-2-. The summed E-state index contributed by atoms with van der Waals surface area (Å²) in [4.78, 5) is 20.9. The topological polar surface area (TPSA) is 66.4 Å². The molecule has 0 aromatic carbocycles. The Balaban J connectivity index is 4.42. The first-order chi connectivity index (χ1) is 6.79. The lowest BCUT2D eigenvalue weighted by molar-refractivity contribution is -0.175. The van der Waals surface area contributed by atoms with Gasteiger partial charge in [-0.3, -0.25) is 4.79 Å². The lowest BCUT2D eigenvalue weighted by atomic mass is 10.2. The average molecular weight is 225 g/mol. The number of hydrogen-bond donors (Lipinski definition) is 2. The van der Waals surface area contributed by atoms with E-state index in [2.05, 4.69) is 0 Å². The minimum absolute atomic E-state index is 0.187. The van der Waals surface area contributed by atoms with Crippen LogP contribution in [0.3, 0.4) is 0 Å². The average Bonchev–Trinajstić information content (AvgIpc) is 2.09. The molecule has 7 heteroatoms. The Morgan fingerprint density at radius 3 is 2.33 bits per heavy atom. The smallest absolute Gasteiger partial charge is 0.471 e. The summed E-state index contributed by atoms with van der Waals surface area (Å²) in [5.41, 5.74) is 0. The molecule has 0 rings (SSSR count). The molecule has 0 aliphatic carbocycles. The van der Waals surface area contributed by atoms with Gasteiger partial charge in [-0.25, -0.2) is 4.79 Å². The van der Waals surface area contributed by atoms with Crippen molar-refractivity contribution in [2.45, 2.75) is 25.6 Å². The Morgan fingerprint density at radius 2 is 2.00 bits per heavy atom. The van der Waals surface area contributed by atoms with E-state index >= 15 is 0 Å². The van der Waals surface area contributed by atoms with Crippen molar-refractivity contribution in [1.29, 1.82) is 0 Å². The van der Waals surface area contributed by atoms with Gasteiger partial charge in [0, 0.05) is 0 Å². The van der Waals surface area contributed by atoms with Gasteiger partial charge in [0.1, 0.15) is 6.04 Å². The first kappa shape index (κ1) is 13.5. The van der Waals surface area contributed by atoms with Crippen LogP contribution in [0.4, 0.5) is 13.2 Å². The molecule has 0 radical (unpaired) electrons. The summed E-state index contributed by atoms with van der Waals surface area (Å²) >= 11 is 0. The number of carbonyl (C=O) groups excluding carboxylic acids is 1. The zero-order valence-corrected chi connectivity index (χ0v) is 7.84. The molecule has 0 heterocycles. The predicted molar refractivity (Wildman–Crippen MR) is 45.1 cm³/mol. The van der Waals surface area contributed by atoms with E-state index in [1.165, 1.54) is 17.5 Å². The second-order valence-corrected chi connectivity index (χ2v) is 2.67. The zero-order chi connectivity index (χ0) is 12.1. The quantitative estimate of drug-likeness (QED) is 0.703. The van der Waals surface area contributed by atoms with Crippen LogP contribution in [-0.4, -0.2) is 29.2 Å². The van der Waals surface area contributed by atoms with Gasteiger partial charge in [-0.15, -0.1) is 0 Å². The van der Waals surface area contributed by atoms with Gasteiger partial charge in [-0.05, 0) is 13.3 Å². The molecule has 2 N–H and O–H groups in total. The van der Waals surface area contributed by atoms with Crippen LogP contribution in [0.5, 0.6) is 0 Å². The number of hydrogen-bond acceptors (Lipinski definition) is 2. The van der Waals surface area contributed by atoms with Gasteiger partial charge in [0.15, 0.2) is 0 Å². The molecule has 1 unspecified atom stereocenters. The number of carbonyl (C=O) groups is 2. The third kappa shape index (κ3) is 5.04. The van der Waals surface area contributed by atoms with Gasteiger partial charge in [-0.2, -0.15) is 13.2 Å². The van der Waals surface area contributed by atoms with Gasteiger partial charge in [0.25, 0.3) is 0 Å². The number of carboxylic acid groups (broad SMARTS) is 1. The maximum atomic E-state index is 11.8. The largest absolute Gasteiger partial charge is 0.480 e. The number of amides is 1. The van der Waals surface area contributed by atoms with Crippen LogP contribution < -0.4 is 5.32 Å². The number of aliphatic carboxylic acids is 1. The van der Waals surface area contributed by atoms with Crippen molar-refractivity contribution in [3.05, 3.63) is 12.2 Å². The predicted octanol–water partition coefficient (Wildman–Crippen LogP) is 1.08. The van der Waals surface area contributed by atoms with Crippen LogP contribution in [0.25, 0.3) is 0 Å². The number of allylic oxidation sites excluding steroid dienone is 1. The van der Waals surface area contributed by atoms with Crippen molar-refractivity contribution < 1.29 is 27.9 Å². The Kier molecular flexibility index (Phi) is 4.83. The Bertz CT molecular complexity index is 273. The molecule has 86 valence electrons. The van der Waals surface area contributed by atoms with Crippen molar-refractivity contribution in [3.8, 4) is 0 Å². The minimum atomic E-state index is -5.07. The molecule has 0 aromatic heterocycles. The van der Waals surface area contributed by atoms with E-state index in [0.717, 1.165) is 0 Å². The summed E-state index contributed by atoms with van der Waals surface area (Å²) < 4.78 is 35.3. The Labute approximate surface area is 83.8 Å². The normalized spacial score (nSPS) is 13.9. The molecule has 0 aliphatic heterocycles. The summed E-state index contributed by atoms with van der Waals surface area (Å²) in [5, 5.41) is 9.88. The fraction of sp³-hybridized carbons (Fsp3) is 0.500. The number of halogens is 3. The molecule has 1 amide bonds. The summed E-state index contributed by atoms with van der Waals surface area (Å²) in [6, 6.07) is -1.56. The van der Waals surface area contributed by atoms with Crippen molar-refractivity contribution in [1.82, 2.24) is 5.32 Å². The van der Waals surface area contributed by atoms with Crippen molar-refractivity contribution >= 4 is 11.9 Å². The van der Waals surface area contributed by atoms with Crippen molar-refractivity contribution in [2.75, 3.05) is 0 Å². The first-order valence-corrected chi connectivity index (χ1v) is 4.00. The van der Waals surface area contributed by atoms with E-state index in [9.17, 15) is 22.8 Å². The minimum Gasteiger partial charge on any atom is -0.480 e. The SMILES string of the molecule is C/C=C\CC(NC(=O)C(F)(F)F)C(=O)O. The lowest BCUT2D eigenvalue weighted by Gasteiger charge is -2.13. The van der Waals surface area contributed by atoms with Crippen LogP contribution >= 0.6 is 0 Å². The lowest BCUT2D eigenvalue weighted by Crippen LogP contribution is -2.46. The van der Waals surface area contributed by atoms with Crippen LogP contribution in [0.2, 0.25) is 0 Å². The summed E-state index contributed by atoms with van der Waals surface area (Å²) in [7, 11) is 0. The summed E-state index contributed by atoms with van der Waals surface area (Å²) in [5.74, 6) is -3.76. The second-order valence-electron chi connectivity index (χ2n) is 2.67. The van der Waals surface area contributed by atoms with Crippen molar-refractivity contribution in [2.24, 2.45) is 0 Å². The monoisotopic (exact) mass is 225 g/mol. The molecule has 0 saturated carbocycles. The number of carboxylic acids is 1. The second kappa shape index (κ2) is 5.38. The highest BCUT2D eigenvalue weighted by Gasteiger charge is 2.40. The van der Waals surface area contributed by atoms with Crippen LogP contribution in [0, 0.1) is 0 Å². The Morgan fingerprint density at radius 1 is 1.47 bits per heavy atom. The van der Waals surface area contributed by atoms with Crippen LogP contribution in [-0.2, 0) is 9.59 Å². The van der Waals surface area contributed by atoms with E-state index in [1.54, 1.807) is 6.92 Å². The zero-order valence-electron chi connectivity index (χ0n) is 7.84. The highest BCUT2D eigenvalue weighted by molar-refractivity contribution is 5.86. The summed E-state index contributed by atoms with van der Waals surface area (Å²) in [6.45, 7) is 1.59. The molecule has 0 bridgehead atoms. The van der Waals surface area contributed by atoms with Gasteiger partial charge < -0.3 is 10.4 Å². The molecule has 0 fully saturated rings. The van der Waals surface area contributed by atoms with E-state index in [1.807, 2.05) is 0 Å². The first-order valence-electron chi connectivity index (χ1n) is 4.00. The van der Waals surface area contributed by atoms with E-state index in [0.29, 0.717) is 0 Å².